The molecule has 1 aliphatic heterocycles. The second kappa shape index (κ2) is 7.04. The van der Waals surface area contributed by atoms with Crippen molar-refractivity contribution in [1.82, 2.24) is 4.98 Å². The van der Waals surface area contributed by atoms with Crippen molar-refractivity contribution in [3.63, 3.8) is 0 Å². The number of fused-ring (bicyclic) bond motifs is 2. The Morgan fingerprint density at radius 1 is 0.857 bits per heavy atom. The maximum atomic E-state index is 13.4. The molecule has 0 saturated heterocycles. The van der Waals surface area contributed by atoms with Crippen molar-refractivity contribution in [3.05, 3.63) is 90.3 Å². The highest BCUT2D eigenvalue weighted by molar-refractivity contribution is 6.10. The summed E-state index contributed by atoms with van der Waals surface area (Å²) >= 11 is 0. The molecular weight excluding hydrogens is 346 g/mol. The van der Waals surface area contributed by atoms with Gasteiger partial charge >= 0.3 is 0 Å². The van der Waals surface area contributed by atoms with Gasteiger partial charge in [-0.2, -0.15) is 0 Å². The number of aromatic nitrogens is 1. The first kappa shape index (κ1) is 16.9. The number of nitrogens with zero attached hydrogens (tertiary/aromatic N) is 2. The van der Waals surface area contributed by atoms with E-state index in [0.29, 0.717) is 6.42 Å². The van der Waals surface area contributed by atoms with Crippen LogP contribution in [0.4, 0.5) is 11.4 Å². The third-order valence-electron chi connectivity index (χ3n) is 5.74. The zero-order valence-electron chi connectivity index (χ0n) is 15.5. The SMILES string of the molecule is O=C1C[C@@H](c2ccccc2)CC2=Nc3ccccc3N[C@@H](c3cccnc3)C12. The van der Waals surface area contributed by atoms with Crippen LogP contribution in [0.2, 0.25) is 0 Å². The molecule has 3 atom stereocenters. The standard InChI is InChI=1S/C24H21N3O/c28-22-14-18(16-7-2-1-3-8-16)13-21-23(22)24(17-9-6-12-25-15-17)27-20-11-5-4-10-19(20)26-21/h1-12,15,18,23-24,27H,13-14H2/t18-,23?,24-/m0/s1. The number of para-hydroxylation sites is 2. The number of ketones is 1. The molecule has 0 bridgehead atoms. The third kappa shape index (κ3) is 3.01. The number of aliphatic imine (C=N–C) groups is 1. The zero-order chi connectivity index (χ0) is 18.9. The molecule has 2 aliphatic rings. The average molecular weight is 367 g/mol. The molecular formula is C24H21N3O. The van der Waals surface area contributed by atoms with Crippen LogP contribution in [0.15, 0.2) is 84.1 Å². The summed E-state index contributed by atoms with van der Waals surface area (Å²) in [5.74, 6) is 0.160. The largest absolute Gasteiger partial charge is 0.375 e. The van der Waals surface area contributed by atoms with Gasteiger partial charge in [-0.15, -0.1) is 0 Å². The summed E-state index contributed by atoms with van der Waals surface area (Å²) in [6, 6.07) is 22.1. The monoisotopic (exact) mass is 367 g/mol. The van der Waals surface area contributed by atoms with E-state index in [0.717, 1.165) is 29.1 Å². The number of carbonyl (C=O) groups is 1. The molecule has 1 N–H and O–H groups in total. The Bertz CT molecular complexity index is 1030. The number of carbonyl (C=O) groups excluding carboxylic acids is 1. The minimum atomic E-state index is -0.267. The van der Waals surface area contributed by atoms with Gasteiger partial charge in [-0.1, -0.05) is 48.5 Å². The highest BCUT2D eigenvalue weighted by Crippen LogP contribution is 2.43. The summed E-state index contributed by atoms with van der Waals surface area (Å²) in [4.78, 5) is 22.6. The number of hydrogen-bond donors (Lipinski definition) is 1. The van der Waals surface area contributed by atoms with Crippen molar-refractivity contribution in [3.8, 4) is 0 Å². The highest BCUT2D eigenvalue weighted by Gasteiger charge is 2.41. The molecule has 4 heteroatoms. The lowest BCUT2D eigenvalue weighted by atomic mass is 9.72. The molecule has 1 aliphatic carbocycles. The maximum absolute atomic E-state index is 13.4. The highest BCUT2D eigenvalue weighted by atomic mass is 16.1. The Morgan fingerprint density at radius 3 is 2.46 bits per heavy atom. The summed E-state index contributed by atoms with van der Waals surface area (Å²) in [6.07, 6.45) is 4.95. The topological polar surface area (TPSA) is 54.4 Å². The predicted molar refractivity (Wildman–Crippen MR) is 111 cm³/mol. The van der Waals surface area contributed by atoms with E-state index in [-0.39, 0.29) is 23.7 Å². The van der Waals surface area contributed by atoms with Crippen LogP contribution >= 0.6 is 0 Å². The summed E-state index contributed by atoms with van der Waals surface area (Å²) in [5.41, 5.74) is 5.05. The van der Waals surface area contributed by atoms with E-state index in [1.54, 1.807) is 6.20 Å². The number of nitrogens with one attached hydrogen (secondary N) is 1. The Hall–Kier alpha value is -3.27. The van der Waals surface area contributed by atoms with E-state index in [1.807, 2.05) is 60.8 Å². The van der Waals surface area contributed by atoms with Crippen LogP contribution in [-0.2, 0) is 4.79 Å². The summed E-state index contributed by atoms with van der Waals surface area (Å²) in [7, 11) is 0. The normalized spacial score (nSPS) is 23.6. The Balaban J connectivity index is 1.60. The fourth-order valence-corrected chi connectivity index (χ4v) is 4.40. The van der Waals surface area contributed by atoms with Gasteiger partial charge in [0.15, 0.2) is 0 Å². The van der Waals surface area contributed by atoms with Crippen molar-refractivity contribution in [2.45, 2.75) is 24.8 Å². The van der Waals surface area contributed by atoms with Gasteiger partial charge in [0.25, 0.3) is 0 Å². The quantitative estimate of drug-likeness (QED) is 0.687. The van der Waals surface area contributed by atoms with Gasteiger partial charge in [-0.3, -0.25) is 14.8 Å². The van der Waals surface area contributed by atoms with E-state index in [1.165, 1.54) is 5.56 Å². The van der Waals surface area contributed by atoms with Crippen molar-refractivity contribution in [1.29, 1.82) is 0 Å². The van der Waals surface area contributed by atoms with Crippen LogP contribution in [-0.4, -0.2) is 16.5 Å². The molecule has 0 spiro atoms. The molecule has 1 saturated carbocycles. The Labute approximate surface area is 164 Å². The van der Waals surface area contributed by atoms with Gasteiger partial charge in [-0.25, -0.2) is 0 Å². The summed E-state index contributed by atoms with van der Waals surface area (Å²) in [6.45, 7) is 0. The van der Waals surface area contributed by atoms with Gasteiger partial charge in [0.1, 0.15) is 5.78 Å². The van der Waals surface area contributed by atoms with E-state index < -0.39 is 0 Å². The molecule has 3 aromatic rings. The predicted octanol–water partition coefficient (Wildman–Crippen LogP) is 5.08. The summed E-state index contributed by atoms with van der Waals surface area (Å²) in [5, 5.41) is 3.58. The lowest BCUT2D eigenvalue weighted by Crippen LogP contribution is -2.38. The van der Waals surface area contributed by atoms with Gasteiger partial charge in [0.05, 0.1) is 23.3 Å². The van der Waals surface area contributed by atoms with Crippen LogP contribution < -0.4 is 5.32 Å². The fraction of sp³-hybridized carbons (Fsp3) is 0.208. The molecule has 1 fully saturated rings. The van der Waals surface area contributed by atoms with Gasteiger partial charge < -0.3 is 5.32 Å². The lowest BCUT2D eigenvalue weighted by molar-refractivity contribution is -0.122. The number of benzene rings is 2. The first-order valence-electron chi connectivity index (χ1n) is 9.70. The third-order valence-corrected chi connectivity index (χ3v) is 5.74. The molecule has 1 aromatic heterocycles. The van der Waals surface area contributed by atoms with Gasteiger partial charge in [0, 0.05) is 24.5 Å². The van der Waals surface area contributed by atoms with Crippen molar-refractivity contribution in [2.75, 3.05) is 5.32 Å². The molecule has 2 heterocycles. The van der Waals surface area contributed by atoms with Gasteiger partial charge in [-0.05, 0) is 41.7 Å². The van der Waals surface area contributed by atoms with Crippen LogP contribution in [0.25, 0.3) is 0 Å². The molecule has 5 rings (SSSR count). The van der Waals surface area contributed by atoms with Gasteiger partial charge in [0.2, 0.25) is 0 Å². The van der Waals surface area contributed by atoms with Crippen LogP contribution in [0.3, 0.4) is 0 Å². The first-order chi connectivity index (χ1) is 13.8. The molecule has 138 valence electrons. The second-order valence-electron chi connectivity index (χ2n) is 7.49. The fourth-order valence-electron chi connectivity index (χ4n) is 4.40. The van der Waals surface area contributed by atoms with Crippen LogP contribution in [0, 0.1) is 5.92 Å². The van der Waals surface area contributed by atoms with Crippen LogP contribution in [0.1, 0.15) is 35.9 Å². The molecule has 1 unspecified atom stereocenters. The van der Waals surface area contributed by atoms with Crippen molar-refractivity contribution in [2.24, 2.45) is 10.9 Å². The molecule has 2 aromatic carbocycles. The lowest BCUT2D eigenvalue weighted by Gasteiger charge is -2.33. The molecule has 28 heavy (non-hydrogen) atoms. The molecule has 0 radical (unpaired) electrons. The number of hydrogen-bond acceptors (Lipinski definition) is 4. The molecule has 0 amide bonds. The Morgan fingerprint density at radius 2 is 1.64 bits per heavy atom. The number of rotatable bonds is 2. The molecule has 4 nitrogen and oxygen atoms in total. The smallest absolute Gasteiger partial charge is 0.144 e. The number of pyridine rings is 1. The van der Waals surface area contributed by atoms with E-state index in [9.17, 15) is 4.79 Å². The number of anilines is 1. The second-order valence-corrected chi connectivity index (χ2v) is 7.49. The first-order valence-corrected chi connectivity index (χ1v) is 9.70. The van der Waals surface area contributed by atoms with Crippen molar-refractivity contribution < 1.29 is 4.79 Å². The minimum absolute atomic E-state index is 0.152. The average Bonchev–Trinajstić information content (AvgIpc) is 2.92. The van der Waals surface area contributed by atoms with Crippen molar-refractivity contribution >= 4 is 22.9 Å². The zero-order valence-corrected chi connectivity index (χ0v) is 15.5. The number of Topliss-reactive ketones (excluding diaryl/α,β-unsaturated/α-hetero) is 1. The Kier molecular flexibility index (Phi) is 4.24. The summed E-state index contributed by atoms with van der Waals surface area (Å²) < 4.78 is 0. The van der Waals surface area contributed by atoms with E-state index in [4.69, 9.17) is 4.99 Å². The van der Waals surface area contributed by atoms with Crippen LogP contribution in [0.5, 0.6) is 0 Å². The maximum Gasteiger partial charge on any atom is 0.144 e. The van der Waals surface area contributed by atoms with E-state index >= 15 is 0 Å². The van der Waals surface area contributed by atoms with E-state index in [2.05, 4.69) is 22.4 Å². The minimum Gasteiger partial charge on any atom is -0.375 e.